The molecule has 5 nitrogen and oxygen atoms in total. The fraction of sp³-hybridized carbons (Fsp3) is 0.308. The summed E-state index contributed by atoms with van der Waals surface area (Å²) >= 11 is 13.9. The lowest BCUT2D eigenvalue weighted by Gasteiger charge is -2.33. The Balaban J connectivity index is 1.67. The van der Waals surface area contributed by atoms with Crippen molar-refractivity contribution in [3.8, 4) is 0 Å². The Kier molecular flexibility index (Phi) is 5.01. The molecule has 1 amide bonds. The molecule has 23 heavy (non-hydrogen) atoms. The maximum atomic E-state index is 12.5. The topological polar surface area (TPSA) is 57.7 Å². The summed E-state index contributed by atoms with van der Waals surface area (Å²) in [5.41, 5.74) is 0. The predicted octanol–water partition coefficient (Wildman–Crippen LogP) is 3.26. The van der Waals surface area contributed by atoms with Crippen molar-refractivity contribution in [3.63, 3.8) is 0 Å². The van der Waals surface area contributed by atoms with E-state index in [1.165, 1.54) is 21.7 Å². The number of carbonyl (C=O) groups is 1. The molecule has 0 N–H and O–H groups in total. The monoisotopic (exact) mass is 410 g/mol. The van der Waals surface area contributed by atoms with E-state index in [9.17, 15) is 13.2 Å². The second-order valence-corrected chi connectivity index (χ2v) is 10.5. The molecule has 10 heteroatoms. The number of rotatable bonds is 3. The number of hydrogen-bond acceptors (Lipinski definition) is 5. The van der Waals surface area contributed by atoms with Crippen LogP contribution in [0.15, 0.2) is 28.5 Å². The molecular weight excluding hydrogens is 399 g/mol. The second-order valence-electron chi connectivity index (χ2n) is 4.86. The van der Waals surface area contributed by atoms with Gasteiger partial charge >= 0.3 is 0 Å². The number of nitrogens with zero attached hydrogens (tertiary/aromatic N) is 2. The maximum Gasteiger partial charge on any atom is 0.264 e. The average Bonchev–Trinajstić information content (AvgIpc) is 3.15. The van der Waals surface area contributed by atoms with E-state index in [4.69, 9.17) is 23.2 Å². The van der Waals surface area contributed by atoms with E-state index in [0.717, 1.165) is 11.3 Å². The van der Waals surface area contributed by atoms with Crippen LogP contribution in [0.4, 0.5) is 0 Å². The van der Waals surface area contributed by atoms with E-state index in [1.807, 2.05) is 0 Å². The van der Waals surface area contributed by atoms with Crippen LogP contribution in [0.5, 0.6) is 0 Å². The first kappa shape index (κ1) is 17.2. The standard InChI is InChI=1S/C13H12Cl2N2O3S3/c14-10-2-1-9(21-10)13(18)16-5-7-17(8-6-16)23(19,20)12-4-3-11(15)22-12/h1-4H,5-8H2. The molecule has 3 rings (SSSR count). The Hall–Kier alpha value is -0.640. The third kappa shape index (κ3) is 3.57. The zero-order chi connectivity index (χ0) is 16.6. The van der Waals surface area contributed by atoms with Gasteiger partial charge in [0.1, 0.15) is 4.21 Å². The first-order valence-corrected chi connectivity index (χ1v) is 10.5. The molecular formula is C13H12Cl2N2O3S3. The Bertz CT molecular complexity index is 823. The smallest absolute Gasteiger partial charge is 0.264 e. The summed E-state index contributed by atoms with van der Waals surface area (Å²) in [6.07, 6.45) is 0. The minimum absolute atomic E-state index is 0.113. The number of halogens is 2. The van der Waals surface area contributed by atoms with E-state index in [1.54, 1.807) is 23.1 Å². The lowest BCUT2D eigenvalue weighted by Crippen LogP contribution is -2.50. The van der Waals surface area contributed by atoms with Crippen LogP contribution in [0.25, 0.3) is 0 Å². The van der Waals surface area contributed by atoms with Gasteiger partial charge in [0.25, 0.3) is 15.9 Å². The summed E-state index contributed by atoms with van der Waals surface area (Å²) in [5.74, 6) is -0.113. The number of amides is 1. The molecule has 0 spiro atoms. The highest BCUT2D eigenvalue weighted by Crippen LogP contribution is 2.29. The Morgan fingerprint density at radius 1 is 0.957 bits per heavy atom. The van der Waals surface area contributed by atoms with Crippen molar-refractivity contribution in [2.24, 2.45) is 0 Å². The zero-order valence-corrected chi connectivity index (χ0v) is 15.7. The molecule has 0 saturated carbocycles. The van der Waals surface area contributed by atoms with Gasteiger partial charge in [-0.15, -0.1) is 22.7 Å². The van der Waals surface area contributed by atoms with Crippen molar-refractivity contribution in [2.75, 3.05) is 26.2 Å². The first-order valence-electron chi connectivity index (χ1n) is 6.68. The van der Waals surface area contributed by atoms with Crippen LogP contribution in [0.3, 0.4) is 0 Å². The van der Waals surface area contributed by atoms with Crippen LogP contribution in [-0.2, 0) is 10.0 Å². The minimum Gasteiger partial charge on any atom is -0.335 e. The third-order valence-corrected chi connectivity index (χ3v) is 8.27. The fourth-order valence-electron chi connectivity index (χ4n) is 2.28. The van der Waals surface area contributed by atoms with Gasteiger partial charge in [0.15, 0.2) is 0 Å². The Morgan fingerprint density at radius 2 is 1.57 bits per heavy atom. The van der Waals surface area contributed by atoms with Crippen LogP contribution in [-0.4, -0.2) is 49.7 Å². The molecule has 0 radical (unpaired) electrons. The lowest BCUT2D eigenvalue weighted by atomic mass is 10.3. The van der Waals surface area contributed by atoms with Gasteiger partial charge in [-0.2, -0.15) is 4.31 Å². The first-order chi connectivity index (χ1) is 10.9. The molecule has 0 unspecified atom stereocenters. The lowest BCUT2D eigenvalue weighted by molar-refractivity contribution is 0.0703. The summed E-state index contributed by atoms with van der Waals surface area (Å²) in [5, 5.41) is 0. The van der Waals surface area contributed by atoms with Crippen molar-refractivity contribution in [1.82, 2.24) is 9.21 Å². The number of carbonyl (C=O) groups excluding carboxylic acids is 1. The summed E-state index contributed by atoms with van der Waals surface area (Å²) < 4.78 is 27.6. The molecule has 1 saturated heterocycles. The Morgan fingerprint density at radius 3 is 2.09 bits per heavy atom. The number of thiophene rings is 2. The molecule has 1 fully saturated rings. The van der Waals surface area contributed by atoms with Gasteiger partial charge in [0.05, 0.1) is 13.5 Å². The molecule has 3 heterocycles. The number of hydrogen-bond donors (Lipinski definition) is 0. The van der Waals surface area contributed by atoms with Gasteiger partial charge in [0.2, 0.25) is 0 Å². The SMILES string of the molecule is O=C(c1ccc(Cl)s1)N1CCN(S(=O)(=O)c2ccc(Cl)s2)CC1. The Labute approximate surface area is 152 Å². The van der Waals surface area contributed by atoms with Gasteiger partial charge in [-0.05, 0) is 24.3 Å². The van der Waals surface area contributed by atoms with Crippen molar-refractivity contribution in [1.29, 1.82) is 0 Å². The van der Waals surface area contributed by atoms with Crippen molar-refractivity contribution in [2.45, 2.75) is 4.21 Å². The molecule has 124 valence electrons. The molecule has 2 aromatic rings. The van der Waals surface area contributed by atoms with Crippen LogP contribution < -0.4 is 0 Å². The molecule has 1 aliphatic rings. The second kappa shape index (κ2) is 6.70. The van der Waals surface area contributed by atoms with Crippen LogP contribution in [0, 0.1) is 0 Å². The van der Waals surface area contributed by atoms with Gasteiger partial charge in [-0.25, -0.2) is 8.42 Å². The molecule has 2 aromatic heterocycles. The van der Waals surface area contributed by atoms with E-state index < -0.39 is 10.0 Å². The number of sulfonamides is 1. The molecule has 0 aliphatic carbocycles. The van der Waals surface area contributed by atoms with Crippen LogP contribution in [0.1, 0.15) is 9.67 Å². The highest BCUT2D eigenvalue weighted by atomic mass is 35.5. The average molecular weight is 411 g/mol. The van der Waals surface area contributed by atoms with Crippen LogP contribution in [0.2, 0.25) is 8.67 Å². The summed E-state index contributed by atoms with van der Waals surface area (Å²) in [7, 11) is -3.54. The third-order valence-electron chi connectivity index (χ3n) is 3.45. The molecule has 0 bridgehead atoms. The van der Waals surface area contributed by atoms with E-state index >= 15 is 0 Å². The van der Waals surface area contributed by atoms with Gasteiger partial charge in [-0.1, -0.05) is 23.2 Å². The van der Waals surface area contributed by atoms with E-state index in [0.29, 0.717) is 26.6 Å². The quantitative estimate of drug-likeness (QED) is 0.779. The highest BCUT2D eigenvalue weighted by Gasteiger charge is 2.31. The highest BCUT2D eigenvalue weighted by molar-refractivity contribution is 7.91. The molecule has 1 aliphatic heterocycles. The number of piperazine rings is 1. The normalized spacial score (nSPS) is 16.7. The largest absolute Gasteiger partial charge is 0.335 e. The van der Waals surface area contributed by atoms with Gasteiger partial charge < -0.3 is 4.90 Å². The summed E-state index contributed by atoms with van der Waals surface area (Å²) in [4.78, 5) is 14.6. The van der Waals surface area contributed by atoms with Crippen molar-refractivity contribution < 1.29 is 13.2 Å². The van der Waals surface area contributed by atoms with Crippen molar-refractivity contribution in [3.05, 3.63) is 37.8 Å². The minimum atomic E-state index is -3.54. The van der Waals surface area contributed by atoms with Gasteiger partial charge in [0, 0.05) is 26.2 Å². The van der Waals surface area contributed by atoms with Crippen molar-refractivity contribution >= 4 is 61.8 Å². The summed E-state index contributed by atoms with van der Waals surface area (Å²) in [6.45, 7) is 1.24. The fourth-order valence-corrected chi connectivity index (χ4v) is 6.35. The van der Waals surface area contributed by atoms with Gasteiger partial charge in [-0.3, -0.25) is 4.79 Å². The summed E-state index contributed by atoms with van der Waals surface area (Å²) in [6, 6.07) is 6.44. The zero-order valence-electron chi connectivity index (χ0n) is 11.7. The molecule has 0 atom stereocenters. The van der Waals surface area contributed by atoms with E-state index in [-0.39, 0.29) is 23.2 Å². The maximum absolute atomic E-state index is 12.5. The van der Waals surface area contributed by atoms with Crippen LogP contribution >= 0.6 is 45.9 Å². The van der Waals surface area contributed by atoms with E-state index in [2.05, 4.69) is 0 Å². The predicted molar refractivity (Wildman–Crippen MR) is 93.3 cm³/mol. The molecule has 0 aromatic carbocycles.